The van der Waals surface area contributed by atoms with Gasteiger partial charge in [-0.1, -0.05) is 12.1 Å². The summed E-state index contributed by atoms with van der Waals surface area (Å²) in [6.07, 6.45) is -0.592. The summed E-state index contributed by atoms with van der Waals surface area (Å²) < 4.78 is 12.5. The van der Waals surface area contributed by atoms with Crippen LogP contribution in [0.15, 0.2) is 24.3 Å². The van der Waals surface area contributed by atoms with Crippen molar-refractivity contribution in [3.63, 3.8) is 0 Å². The van der Waals surface area contributed by atoms with Gasteiger partial charge in [0.1, 0.15) is 5.82 Å². The van der Waals surface area contributed by atoms with Crippen molar-refractivity contribution < 1.29 is 9.50 Å². The number of rotatable bonds is 3. The highest BCUT2D eigenvalue weighted by Gasteiger charge is 2.13. The highest BCUT2D eigenvalue weighted by Crippen LogP contribution is 2.16. The van der Waals surface area contributed by atoms with Gasteiger partial charge in [-0.2, -0.15) is 0 Å². The van der Waals surface area contributed by atoms with Gasteiger partial charge in [-0.25, -0.2) is 4.39 Å². The van der Waals surface area contributed by atoms with E-state index in [-0.39, 0.29) is 11.9 Å². The lowest BCUT2D eigenvalue weighted by atomic mass is 10.0. The smallest absolute Gasteiger partial charge is 0.123 e. The van der Waals surface area contributed by atoms with Crippen LogP contribution in [0, 0.1) is 5.82 Å². The van der Waals surface area contributed by atoms with Gasteiger partial charge in [-0.3, -0.25) is 0 Å². The molecule has 0 spiro atoms. The van der Waals surface area contributed by atoms with Crippen LogP contribution in [-0.4, -0.2) is 18.2 Å². The molecule has 2 nitrogen and oxygen atoms in total. The average Bonchev–Trinajstić information content (AvgIpc) is 2.17. The zero-order valence-corrected chi connectivity index (χ0v) is 7.79. The second kappa shape index (κ2) is 4.35. The highest BCUT2D eigenvalue weighted by molar-refractivity contribution is 5.19. The number of likely N-dealkylation sites (N-methyl/N-ethyl adjacent to an activating group) is 1. The predicted octanol–water partition coefficient (Wildman–Crippen LogP) is 1.47. The molecule has 0 aromatic heterocycles. The number of benzene rings is 1. The maximum atomic E-state index is 12.5. The SMILES string of the molecule is CN[C@@H](C)C(O)c1ccc(F)cc1. The molecule has 72 valence electrons. The summed E-state index contributed by atoms with van der Waals surface area (Å²) in [6, 6.07) is 5.84. The summed E-state index contributed by atoms with van der Waals surface area (Å²) in [5.74, 6) is -0.284. The minimum atomic E-state index is -0.592. The molecule has 2 atom stereocenters. The van der Waals surface area contributed by atoms with Crippen LogP contribution in [0.25, 0.3) is 0 Å². The number of hydrogen-bond acceptors (Lipinski definition) is 2. The Labute approximate surface area is 77.4 Å². The van der Waals surface area contributed by atoms with Crippen LogP contribution in [0.2, 0.25) is 0 Å². The minimum absolute atomic E-state index is 0.0366. The zero-order chi connectivity index (χ0) is 9.84. The van der Waals surface area contributed by atoms with E-state index in [9.17, 15) is 9.50 Å². The van der Waals surface area contributed by atoms with Crippen molar-refractivity contribution in [2.75, 3.05) is 7.05 Å². The Hall–Kier alpha value is -0.930. The summed E-state index contributed by atoms with van der Waals surface area (Å²) in [4.78, 5) is 0. The second-order valence-corrected chi connectivity index (χ2v) is 3.07. The molecular weight excluding hydrogens is 169 g/mol. The molecule has 0 amide bonds. The van der Waals surface area contributed by atoms with Crippen LogP contribution in [-0.2, 0) is 0 Å². The number of nitrogens with one attached hydrogen (secondary N) is 1. The van der Waals surface area contributed by atoms with E-state index in [0.717, 1.165) is 5.56 Å². The van der Waals surface area contributed by atoms with Crippen LogP contribution >= 0.6 is 0 Å². The van der Waals surface area contributed by atoms with Gasteiger partial charge in [0.05, 0.1) is 6.10 Å². The lowest BCUT2D eigenvalue weighted by molar-refractivity contribution is 0.140. The third-order valence-corrected chi connectivity index (χ3v) is 2.14. The maximum absolute atomic E-state index is 12.5. The Morgan fingerprint density at radius 1 is 1.31 bits per heavy atom. The topological polar surface area (TPSA) is 32.3 Å². The van der Waals surface area contributed by atoms with Crippen LogP contribution in [0.5, 0.6) is 0 Å². The van der Waals surface area contributed by atoms with Gasteiger partial charge in [0.25, 0.3) is 0 Å². The van der Waals surface area contributed by atoms with Crippen LogP contribution in [0.3, 0.4) is 0 Å². The van der Waals surface area contributed by atoms with E-state index in [4.69, 9.17) is 0 Å². The molecule has 0 aliphatic carbocycles. The number of hydrogen-bond donors (Lipinski definition) is 2. The first kappa shape index (κ1) is 10.2. The first-order valence-corrected chi connectivity index (χ1v) is 4.26. The second-order valence-electron chi connectivity index (χ2n) is 3.07. The molecule has 13 heavy (non-hydrogen) atoms. The van der Waals surface area contributed by atoms with Gasteiger partial charge in [-0.15, -0.1) is 0 Å². The van der Waals surface area contributed by atoms with Crippen molar-refractivity contribution in [2.24, 2.45) is 0 Å². The lowest BCUT2D eigenvalue weighted by Gasteiger charge is -2.18. The van der Waals surface area contributed by atoms with Crippen molar-refractivity contribution in [3.8, 4) is 0 Å². The molecule has 0 aliphatic rings. The molecule has 0 saturated carbocycles. The minimum Gasteiger partial charge on any atom is -0.387 e. The molecule has 2 N–H and O–H groups in total. The third kappa shape index (κ3) is 2.50. The van der Waals surface area contributed by atoms with Gasteiger partial charge in [0, 0.05) is 6.04 Å². The summed E-state index contributed by atoms with van der Waals surface area (Å²) in [5.41, 5.74) is 0.725. The van der Waals surface area contributed by atoms with Crippen LogP contribution in [0.4, 0.5) is 4.39 Å². The van der Waals surface area contributed by atoms with Crippen molar-refractivity contribution in [1.82, 2.24) is 5.32 Å². The van der Waals surface area contributed by atoms with Gasteiger partial charge in [0.2, 0.25) is 0 Å². The highest BCUT2D eigenvalue weighted by atomic mass is 19.1. The van der Waals surface area contributed by atoms with Gasteiger partial charge >= 0.3 is 0 Å². The van der Waals surface area contributed by atoms with Crippen molar-refractivity contribution >= 4 is 0 Å². The van der Waals surface area contributed by atoms with E-state index in [1.54, 1.807) is 19.2 Å². The van der Waals surface area contributed by atoms with Crippen molar-refractivity contribution in [2.45, 2.75) is 19.1 Å². The number of aliphatic hydroxyl groups is 1. The summed E-state index contributed by atoms with van der Waals surface area (Å²) >= 11 is 0. The molecule has 0 saturated heterocycles. The van der Waals surface area contributed by atoms with E-state index in [1.165, 1.54) is 12.1 Å². The van der Waals surface area contributed by atoms with E-state index in [0.29, 0.717) is 0 Å². The van der Waals surface area contributed by atoms with Crippen molar-refractivity contribution in [1.29, 1.82) is 0 Å². The first-order valence-electron chi connectivity index (χ1n) is 4.26. The van der Waals surface area contributed by atoms with Crippen LogP contribution in [0.1, 0.15) is 18.6 Å². The quantitative estimate of drug-likeness (QED) is 0.743. The predicted molar refractivity (Wildman–Crippen MR) is 49.9 cm³/mol. The Bertz CT molecular complexity index is 260. The van der Waals surface area contributed by atoms with E-state index >= 15 is 0 Å². The molecule has 0 heterocycles. The largest absolute Gasteiger partial charge is 0.387 e. The maximum Gasteiger partial charge on any atom is 0.123 e. The summed E-state index contributed by atoms with van der Waals surface area (Å²) in [7, 11) is 1.78. The molecule has 1 unspecified atom stereocenters. The monoisotopic (exact) mass is 183 g/mol. The molecular formula is C10H14FNO. The number of halogens is 1. The number of aliphatic hydroxyl groups excluding tert-OH is 1. The molecule has 1 aromatic carbocycles. The fourth-order valence-corrected chi connectivity index (χ4v) is 1.11. The van der Waals surface area contributed by atoms with E-state index in [1.807, 2.05) is 6.92 Å². The Kier molecular flexibility index (Phi) is 3.39. The van der Waals surface area contributed by atoms with Crippen LogP contribution < -0.4 is 5.32 Å². The molecule has 0 radical (unpaired) electrons. The molecule has 1 aromatic rings. The van der Waals surface area contributed by atoms with Gasteiger partial charge in [0.15, 0.2) is 0 Å². The fraction of sp³-hybridized carbons (Fsp3) is 0.400. The Morgan fingerprint density at radius 2 is 1.85 bits per heavy atom. The van der Waals surface area contributed by atoms with Gasteiger partial charge in [-0.05, 0) is 31.7 Å². The summed E-state index contributed by atoms with van der Waals surface area (Å²) in [5, 5.41) is 12.6. The molecule has 1 rings (SSSR count). The molecule has 0 bridgehead atoms. The standard InChI is InChI=1S/C10H14FNO/c1-7(12-2)10(13)8-3-5-9(11)6-4-8/h3-7,10,12-13H,1-2H3/t7-,10?/m0/s1. The average molecular weight is 183 g/mol. The fourth-order valence-electron chi connectivity index (χ4n) is 1.11. The Morgan fingerprint density at radius 3 is 2.31 bits per heavy atom. The zero-order valence-electron chi connectivity index (χ0n) is 7.79. The molecule has 0 fully saturated rings. The summed E-state index contributed by atoms with van der Waals surface area (Å²) in [6.45, 7) is 1.87. The van der Waals surface area contributed by atoms with E-state index in [2.05, 4.69) is 5.32 Å². The van der Waals surface area contributed by atoms with Gasteiger partial charge < -0.3 is 10.4 Å². The Balaban J connectivity index is 2.77. The third-order valence-electron chi connectivity index (χ3n) is 2.14. The molecule has 0 aliphatic heterocycles. The molecule has 3 heteroatoms. The first-order chi connectivity index (χ1) is 6.15. The normalized spacial score (nSPS) is 15.4. The van der Waals surface area contributed by atoms with E-state index < -0.39 is 6.10 Å². The van der Waals surface area contributed by atoms with Crippen molar-refractivity contribution in [3.05, 3.63) is 35.6 Å². The lowest BCUT2D eigenvalue weighted by Crippen LogP contribution is -2.28.